The first-order valence-electron chi connectivity index (χ1n) is 10.0. The third-order valence-corrected chi connectivity index (χ3v) is 6.08. The summed E-state index contributed by atoms with van der Waals surface area (Å²) >= 11 is 0. The van der Waals surface area contributed by atoms with Crippen LogP contribution in [-0.4, -0.2) is 38.1 Å². The van der Waals surface area contributed by atoms with Crippen molar-refractivity contribution in [1.82, 2.24) is 0 Å². The molecule has 0 saturated carbocycles. The Bertz CT molecular complexity index is 827. The van der Waals surface area contributed by atoms with Gasteiger partial charge in [-0.3, -0.25) is 9.59 Å². The van der Waals surface area contributed by atoms with Gasteiger partial charge in [0.05, 0.1) is 32.3 Å². The van der Waals surface area contributed by atoms with E-state index in [1.807, 2.05) is 6.07 Å². The average molecular weight is 379 g/mol. The number of rotatable bonds is 5. The molecule has 5 heteroatoms. The first-order valence-corrected chi connectivity index (χ1v) is 10.0. The molecule has 0 spiro atoms. The predicted octanol–water partition coefficient (Wildman–Crippen LogP) is 1.86. The lowest BCUT2D eigenvalue weighted by Gasteiger charge is -2.32. The van der Waals surface area contributed by atoms with Crippen LogP contribution in [-0.2, 0) is 16.0 Å². The van der Waals surface area contributed by atoms with E-state index < -0.39 is 0 Å². The summed E-state index contributed by atoms with van der Waals surface area (Å²) in [4.78, 5) is 28.2. The molecule has 0 bridgehead atoms. The minimum Gasteiger partial charge on any atom is -0.497 e. The van der Waals surface area contributed by atoms with Crippen LogP contribution in [0.4, 0.5) is 5.69 Å². The van der Waals surface area contributed by atoms with E-state index in [4.69, 9.17) is 4.74 Å². The van der Waals surface area contributed by atoms with Crippen LogP contribution in [0, 0.1) is 5.92 Å². The highest BCUT2D eigenvalue weighted by Gasteiger charge is 2.46. The van der Waals surface area contributed by atoms with Crippen molar-refractivity contribution in [2.24, 2.45) is 5.92 Å². The van der Waals surface area contributed by atoms with E-state index in [2.05, 4.69) is 24.3 Å². The Labute approximate surface area is 165 Å². The van der Waals surface area contributed by atoms with Crippen LogP contribution in [0.15, 0.2) is 54.6 Å². The second-order valence-electron chi connectivity index (χ2n) is 7.81. The Hall–Kier alpha value is -2.66. The van der Waals surface area contributed by atoms with E-state index in [1.165, 1.54) is 15.4 Å². The van der Waals surface area contributed by atoms with Gasteiger partial charge in [0.25, 0.3) is 5.91 Å². The Kier molecular flexibility index (Phi) is 5.44. The number of likely N-dealkylation sites (tertiary alicyclic amines) is 1. The number of carbonyl (C=O) groups is 2. The van der Waals surface area contributed by atoms with Gasteiger partial charge in [0.15, 0.2) is 6.04 Å². The molecule has 2 aromatic carbocycles. The summed E-state index contributed by atoms with van der Waals surface area (Å²) in [6.45, 7) is 1.91. The molecule has 0 aromatic heterocycles. The van der Waals surface area contributed by atoms with Gasteiger partial charge >= 0.3 is 0 Å². The van der Waals surface area contributed by atoms with E-state index in [1.54, 1.807) is 31.4 Å². The van der Waals surface area contributed by atoms with E-state index in [0.717, 1.165) is 32.4 Å². The summed E-state index contributed by atoms with van der Waals surface area (Å²) in [5.41, 5.74) is 2.02. The molecule has 5 nitrogen and oxygen atoms in total. The number of amides is 2. The molecule has 28 heavy (non-hydrogen) atoms. The van der Waals surface area contributed by atoms with Crippen LogP contribution in [0.5, 0.6) is 5.75 Å². The zero-order chi connectivity index (χ0) is 19.5. The largest absolute Gasteiger partial charge is 0.497 e. The Balaban J connectivity index is 1.37. The highest BCUT2D eigenvalue weighted by Crippen LogP contribution is 2.25. The summed E-state index contributed by atoms with van der Waals surface area (Å²) in [5, 5.41) is 0. The topological polar surface area (TPSA) is 51.0 Å². The molecule has 1 atom stereocenters. The van der Waals surface area contributed by atoms with Crippen molar-refractivity contribution in [2.45, 2.75) is 31.7 Å². The molecule has 2 fully saturated rings. The molecule has 146 valence electrons. The van der Waals surface area contributed by atoms with Crippen LogP contribution in [0.3, 0.4) is 0 Å². The maximum absolute atomic E-state index is 13.0. The second kappa shape index (κ2) is 8.15. The van der Waals surface area contributed by atoms with Crippen molar-refractivity contribution < 1.29 is 19.2 Å². The molecular formula is C23H27N2O3+. The lowest BCUT2D eigenvalue weighted by Crippen LogP contribution is -3.17. The molecule has 2 aromatic rings. The maximum atomic E-state index is 13.0. The Morgan fingerprint density at radius 1 is 1.00 bits per heavy atom. The summed E-state index contributed by atoms with van der Waals surface area (Å²) in [6, 6.07) is 17.5. The van der Waals surface area contributed by atoms with Gasteiger partial charge in [0, 0.05) is 0 Å². The van der Waals surface area contributed by atoms with E-state index in [-0.39, 0.29) is 17.9 Å². The van der Waals surface area contributed by atoms with Crippen LogP contribution in [0.1, 0.15) is 24.8 Å². The molecule has 0 unspecified atom stereocenters. The van der Waals surface area contributed by atoms with Gasteiger partial charge in [0.2, 0.25) is 5.91 Å². The predicted molar refractivity (Wildman–Crippen MR) is 107 cm³/mol. The van der Waals surface area contributed by atoms with Crippen LogP contribution in [0.2, 0.25) is 0 Å². The Morgan fingerprint density at radius 2 is 1.68 bits per heavy atom. The lowest BCUT2D eigenvalue weighted by molar-refractivity contribution is -0.920. The lowest BCUT2D eigenvalue weighted by atomic mass is 9.89. The molecule has 2 aliphatic heterocycles. The fourth-order valence-corrected chi connectivity index (χ4v) is 4.50. The number of carbonyl (C=O) groups excluding carboxylic acids is 2. The molecule has 2 saturated heterocycles. The first-order chi connectivity index (χ1) is 13.7. The standard InChI is InChI=1S/C23H26N2O3/c1-28-20-9-7-19(8-10-20)25-22(26)16-21(23(25)27)24-13-11-18(12-14-24)15-17-5-3-2-4-6-17/h2-10,18,21H,11-16H2,1H3/p+1/t21-/m0/s1. The number of ether oxygens (including phenoxy) is 1. The molecule has 0 aliphatic carbocycles. The number of quaternary nitrogens is 1. The van der Waals surface area contributed by atoms with Crippen molar-refractivity contribution in [1.29, 1.82) is 0 Å². The van der Waals surface area contributed by atoms with Gasteiger partial charge in [-0.1, -0.05) is 30.3 Å². The number of anilines is 1. The number of methoxy groups -OCH3 is 1. The number of hydrogen-bond acceptors (Lipinski definition) is 3. The number of imide groups is 1. The summed E-state index contributed by atoms with van der Waals surface area (Å²) < 4.78 is 5.16. The highest BCUT2D eigenvalue weighted by atomic mass is 16.5. The fourth-order valence-electron chi connectivity index (χ4n) is 4.50. The van der Waals surface area contributed by atoms with Crippen molar-refractivity contribution >= 4 is 17.5 Å². The van der Waals surface area contributed by atoms with Gasteiger partial charge in [-0.25, -0.2) is 4.90 Å². The number of hydrogen-bond donors (Lipinski definition) is 1. The molecule has 0 radical (unpaired) electrons. The number of benzene rings is 2. The van der Waals surface area contributed by atoms with Crippen LogP contribution < -0.4 is 14.5 Å². The fraction of sp³-hybridized carbons (Fsp3) is 0.391. The van der Waals surface area contributed by atoms with Gasteiger partial charge < -0.3 is 9.64 Å². The molecule has 2 amide bonds. The van der Waals surface area contributed by atoms with Crippen LogP contribution in [0.25, 0.3) is 0 Å². The smallest absolute Gasteiger partial charge is 0.292 e. The number of nitrogens with one attached hydrogen (secondary N) is 1. The monoisotopic (exact) mass is 379 g/mol. The number of nitrogens with zero attached hydrogens (tertiary/aromatic N) is 1. The van der Waals surface area contributed by atoms with Crippen molar-refractivity contribution in [2.75, 3.05) is 25.1 Å². The highest BCUT2D eigenvalue weighted by molar-refractivity contribution is 6.21. The third kappa shape index (κ3) is 3.80. The second-order valence-corrected chi connectivity index (χ2v) is 7.81. The normalized spacial score (nSPS) is 25.2. The average Bonchev–Trinajstić information content (AvgIpc) is 3.03. The minimum absolute atomic E-state index is 0.0633. The van der Waals surface area contributed by atoms with Gasteiger partial charge in [0.1, 0.15) is 5.75 Å². The van der Waals surface area contributed by atoms with Crippen molar-refractivity contribution in [3.05, 3.63) is 60.2 Å². The quantitative estimate of drug-likeness (QED) is 0.807. The van der Waals surface area contributed by atoms with Gasteiger partial charge in [-0.05, 0) is 55.0 Å². The number of piperidine rings is 1. The van der Waals surface area contributed by atoms with Gasteiger partial charge in [-0.15, -0.1) is 0 Å². The molecule has 2 heterocycles. The van der Waals surface area contributed by atoms with Gasteiger partial charge in [-0.2, -0.15) is 0 Å². The van der Waals surface area contributed by atoms with Crippen LogP contribution >= 0.6 is 0 Å². The summed E-state index contributed by atoms with van der Waals surface area (Å²) in [7, 11) is 1.60. The SMILES string of the molecule is COc1ccc(N2C(=O)C[C@H]([NH+]3CCC(Cc4ccccc4)CC3)C2=O)cc1. The summed E-state index contributed by atoms with van der Waals surface area (Å²) in [6.07, 6.45) is 3.61. The first kappa shape index (κ1) is 18.7. The van der Waals surface area contributed by atoms with Crippen molar-refractivity contribution in [3.63, 3.8) is 0 Å². The molecular weight excluding hydrogens is 352 g/mol. The molecule has 1 N–H and O–H groups in total. The summed E-state index contributed by atoms with van der Waals surface area (Å²) in [5.74, 6) is 1.22. The van der Waals surface area contributed by atoms with E-state index >= 15 is 0 Å². The Morgan fingerprint density at radius 3 is 2.32 bits per heavy atom. The third-order valence-electron chi connectivity index (χ3n) is 6.08. The minimum atomic E-state index is -0.243. The zero-order valence-electron chi connectivity index (χ0n) is 16.3. The van der Waals surface area contributed by atoms with E-state index in [0.29, 0.717) is 23.8 Å². The van der Waals surface area contributed by atoms with Crippen molar-refractivity contribution in [3.8, 4) is 5.75 Å². The maximum Gasteiger partial charge on any atom is 0.292 e. The molecule has 4 rings (SSSR count). The molecule has 2 aliphatic rings. The van der Waals surface area contributed by atoms with E-state index in [9.17, 15) is 9.59 Å². The zero-order valence-corrected chi connectivity index (χ0v) is 16.3.